The normalized spacial score (nSPS) is 25.9. The minimum Gasteiger partial charge on any atom is -0.496 e. The maximum absolute atomic E-state index is 5.94. The average Bonchev–Trinajstić information content (AvgIpc) is 2.76. The van der Waals surface area contributed by atoms with Crippen molar-refractivity contribution in [2.45, 2.75) is 56.6 Å². The molecule has 0 aromatic carbocycles. The summed E-state index contributed by atoms with van der Waals surface area (Å²) in [5.74, 6) is 1.09. The van der Waals surface area contributed by atoms with Gasteiger partial charge in [-0.15, -0.1) is 0 Å². The number of hydrogen-bond acceptors (Lipinski definition) is 3. The lowest BCUT2D eigenvalue weighted by molar-refractivity contribution is -0.0527. The van der Waals surface area contributed by atoms with Crippen LogP contribution < -0.4 is 5.32 Å². The lowest BCUT2D eigenvalue weighted by Gasteiger charge is -2.39. The Kier molecular flexibility index (Phi) is 4.46. The minimum absolute atomic E-state index is 0.0680. The summed E-state index contributed by atoms with van der Waals surface area (Å²) >= 11 is 0. The van der Waals surface area contributed by atoms with E-state index in [1.165, 1.54) is 25.7 Å². The van der Waals surface area contributed by atoms with Crippen LogP contribution >= 0.6 is 0 Å². The van der Waals surface area contributed by atoms with Gasteiger partial charge in [-0.05, 0) is 26.0 Å². The highest BCUT2D eigenvalue weighted by molar-refractivity contribution is 5.15. The molecule has 0 spiro atoms. The molecule has 98 valence electrons. The van der Waals surface area contributed by atoms with Crippen molar-refractivity contribution in [1.29, 1.82) is 0 Å². The molecule has 17 heavy (non-hydrogen) atoms. The molecule has 1 unspecified atom stereocenters. The van der Waals surface area contributed by atoms with Crippen LogP contribution in [0.5, 0.6) is 0 Å². The third-order valence-electron chi connectivity index (χ3n) is 4.19. The van der Waals surface area contributed by atoms with Crippen molar-refractivity contribution >= 4 is 0 Å². The first-order valence-corrected chi connectivity index (χ1v) is 6.88. The quantitative estimate of drug-likeness (QED) is 0.765. The monoisotopic (exact) mass is 239 g/mol. The molecule has 1 aliphatic carbocycles. The Hall–Kier alpha value is -0.540. The lowest BCUT2D eigenvalue weighted by atomic mass is 9.85. The SMILES string of the molecule is CNC(C1=CCCO1)C1(OC)CCCCCC1. The minimum atomic E-state index is -0.0680. The molecule has 0 radical (unpaired) electrons. The molecule has 0 aromatic heterocycles. The highest BCUT2D eigenvalue weighted by Crippen LogP contribution is 2.36. The van der Waals surface area contributed by atoms with E-state index in [0.717, 1.165) is 31.6 Å². The van der Waals surface area contributed by atoms with Gasteiger partial charge in [0.15, 0.2) is 0 Å². The van der Waals surface area contributed by atoms with E-state index in [-0.39, 0.29) is 11.6 Å². The predicted octanol–water partition coefficient (Wildman–Crippen LogP) is 2.62. The molecule has 0 bridgehead atoms. The number of likely N-dealkylation sites (N-methyl/N-ethyl adjacent to an activating group) is 1. The summed E-state index contributed by atoms with van der Waals surface area (Å²) in [4.78, 5) is 0. The zero-order valence-corrected chi connectivity index (χ0v) is 11.1. The lowest BCUT2D eigenvalue weighted by Crippen LogP contribution is -2.52. The first-order valence-electron chi connectivity index (χ1n) is 6.88. The van der Waals surface area contributed by atoms with Gasteiger partial charge in [0.05, 0.1) is 18.2 Å². The fourth-order valence-electron chi connectivity index (χ4n) is 3.24. The Morgan fingerprint density at radius 1 is 1.29 bits per heavy atom. The number of nitrogens with one attached hydrogen (secondary N) is 1. The first kappa shape index (κ1) is 12.9. The molecule has 0 amide bonds. The van der Waals surface area contributed by atoms with E-state index in [1.54, 1.807) is 0 Å². The second-order valence-corrected chi connectivity index (χ2v) is 5.15. The van der Waals surface area contributed by atoms with Gasteiger partial charge < -0.3 is 14.8 Å². The topological polar surface area (TPSA) is 30.5 Å². The van der Waals surface area contributed by atoms with Gasteiger partial charge in [-0.1, -0.05) is 25.7 Å². The molecule has 1 fully saturated rings. The third-order valence-corrected chi connectivity index (χ3v) is 4.19. The smallest absolute Gasteiger partial charge is 0.112 e. The molecule has 0 saturated heterocycles. The Balaban J connectivity index is 2.17. The maximum atomic E-state index is 5.94. The van der Waals surface area contributed by atoms with E-state index in [1.807, 2.05) is 14.2 Å². The van der Waals surface area contributed by atoms with Crippen LogP contribution in [0.4, 0.5) is 0 Å². The van der Waals surface area contributed by atoms with Gasteiger partial charge >= 0.3 is 0 Å². The van der Waals surface area contributed by atoms with Crippen molar-refractivity contribution in [1.82, 2.24) is 5.32 Å². The highest BCUT2D eigenvalue weighted by Gasteiger charge is 2.41. The second kappa shape index (κ2) is 5.87. The number of methoxy groups -OCH3 is 1. The third kappa shape index (κ3) is 2.66. The van der Waals surface area contributed by atoms with E-state index < -0.39 is 0 Å². The Morgan fingerprint density at radius 3 is 2.47 bits per heavy atom. The van der Waals surface area contributed by atoms with Crippen molar-refractivity contribution in [3.05, 3.63) is 11.8 Å². The molecular weight excluding hydrogens is 214 g/mol. The summed E-state index contributed by atoms with van der Waals surface area (Å²) in [6, 6.07) is 0.216. The fourth-order valence-corrected chi connectivity index (χ4v) is 3.24. The Morgan fingerprint density at radius 2 is 2.00 bits per heavy atom. The van der Waals surface area contributed by atoms with Crippen molar-refractivity contribution < 1.29 is 9.47 Å². The summed E-state index contributed by atoms with van der Waals surface area (Å²) in [7, 11) is 3.87. The van der Waals surface area contributed by atoms with Gasteiger partial charge in [0.25, 0.3) is 0 Å². The van der Waals surface area contributed by atoms with Gasteiger partial charge in [-0.3, -0.25) is 0 Å². The molecular formula is C14H25NO2. The highest BCUT2D eigenvalue weighted by atomic mass is 16.5. The summed E-state index contributed by atoms with van der Waals surface area (Å²) in [5, 5.41) is 3.41. The van der Waals surface area contributed by atoms with Crippen molar-refractivity contribution in [2.24, 2.45) is 0 Å². The maximum Gasteiger partial charge on any atom is 0.112 e. The van der Waals surface area contributed by atoms with Crippen LogP contribution in [0, 0.1) is 0 Å². The van der Waals surface area contributed by atoms with E-state index in [9.17, 15) is 0 Å². The van der Waals surface area contributed by atoms with Crippen LogP contribution in [0.2, 0.25) is 0 Å². The van der Waals surface area contributed by atoms with Gasteiger partial charge in [0, 0.05) is 13.5 Å². The standard InChI is InChI=1S/C14H25NO2/c1-15-13(12-8-7-11-17-12)14(16-2)9-5-3-4-6-10-14/h8,13,15H,3-7,9-11H2,1-2H3. The van der Waals surface area contributed by atoms with E-state index >= 15 is 0 Å². The zero-order valence-electron chi connectivity index (χ0n) is 11.1. The predicted molar refractivity (Wildman–Crippen MR) is 68.9 cm³/mol. The van der Waals surface area contributed by atoms with Crippen molar-refractivity contribution in [3.63, 3.8) is 0 Å². The van der Waals surface area contributed by atoms with E-state index in [4.69, 9.17) is 9.47 Å². The second-order valence-electron chi connectivity index (χ2n) is 5.15. The summed E-state index contributed by atoms with van der Waals surface area (Å²) < 4.78 is 11.7. The van der Waals surface area contributed by atoms with Crippen molar-refractivity contribution in [3.8, 4) is 0 Å². The van der Waals surface area contributed by atoms with E-state index in [0.29, 0.717) is 0 Å². The van der Waals surface area contributed by atoms with E-state index in [2.05, 4.69) is 11.4 Å². The van der Waals surface area contributed by atoms with Crippen LogP contribution in [0.25, 0.3) is 0 Å². The van der Waals surface area contributed by atoms with Crippen LogP contribution in [-0.4, -0.2) is 32.4 Å². The molecule has 2 rings (SSSR count). The molecule has 3 nitrogen and oxygen atoms in total. The molecule has 1 heterocycles. The number of ether oxygens (including phenoxy) is 2. The molecule has 2 aliphatic rings. The fraction of sp³-hybridized carbons (Fsp3) is 0.857. The molecule has 1 saturated carbocycles. The van der Waals surface area contributed by atoms with Gasteiger partial charge in [-0.2, -0.15) is 0 Å². The van der Waals surface area contributed by atoms with Crippen LogP contribution in [0.15, 0.2) is 11.8 Å². The molecule has 1 aliphatic heterocycles. The molecule has 0 aromatic rings. The summed E-state index contributed by atoms with van der Waals surface area (Å²) in [6.07, 6.45) is 10.7. The van der Waals surface area contributed by atoms with Crippen LogP contribution in [-0.2, 0) is 9.47 Å². The molecule has 1 atom stereocenters. The largest absolute Gasteiger partial charge is 0.496 e. The zero-order chi connectivity index (χ0) is 12.1. The van der Waals surface area contributed by atoms with Crippen LogP contribution in [0.3, 0.4) is 0 Å². The molecule has 1 N–H and O–H groups in total. The average molecular weight is 239 g/mol. The van der Waals surface area contributed by atoms with Crippen molar-refractivity contribution in [2.75, 3.05) is 20.8 Å². The number of rotatable bonds is 4. The Labute approximate surface area is 105 Å². The van der Waals surface area contributed by atoms with Gasteiger partial charge in [0.2, 0.25) is 0 Å². The molecule has 3 heteroatoms. The first-order chi connectivity index (χ1) is 8.32. The summed E-state index contributed by atoms with van der Waals surface area (Å²) in [5.41, 5.74) is -0.0680. The van der Waals surface area contributed by atoms with Crippen LogP contribution in [0.1, 0.15) is 44.9 Å². The summed E-state index contributed by atoms with van der Waals surface area (Å²) in [6.45, 7) is 0.827. The Bertz CT molecular complexity index is 267. The van der Waals surface area contributed by atoms with Gasteiger partial charge in [-0.25, -0.2) is 0 Å². The number of hydrogen-bond donors (Lipinski definition) is 1. The van der Waals surface area contributed by atoms with Gasteiger partial charge in [0.1, 0.15) is 5.76 Å².